The lowest BCUT2D eigenvalue weighted by Gasteiger charge is -2.04. The number of aromatic nitrogens is 3. The second-order valence-corrected chi connectivity index (χ2v) is 5.47. The summed E-state index contributed by atoms with van der Waals surface area (Å²) in [6.07, 6.45) is 11.3. The number of aromatic amines is 1. The first-order valence-corrected chi connectivity index (χ1v) is 8.15. The molecule has 0 aliphatic heterocycles. The fourth-order valence-corrected chi connectivity index (χ4v) is 2.25. The summed E-state index contributed by atoms with van der Waals surface area (Å²) in [5.41, 5.74) is 5.40. The van der Waals surface area contributed by atoms with Crippen LogP contribution in [0, 0.1) is 0 Å². The van der Waals surface area contributed by atoms with Gasteiger partial charge in [0, 0.05) is 19.4 Å². The standard InChI is InChI=1S/C15H29N5O/c1-2-3-4-5-6-7-8-9-10-14(21)17-12-11-13-18-15(16)20-19-13/h2-12H2,1H3,(H,17,21)(H3,16,18,19,20). The summed E-state index contributed by atoms with van der Waals surface area (Å²) in [6, 6.07) is 0. The lowest BCUT2D eigenvalue weighted by Crippen LogP contribution is -2.25. The predicted octanol–water partition coefficient (Wildman–Crippen LogP) is 2.58. The Bertz CT molecular complexity index is 391. The van der Waals surface area contributed by atoms with Crippen LogP contribution in [0.1, 0.15) is 70.5 Å². The van der Waals surface area contributed by atoms with E-state index >= 15 is 0 Å². The van der Waals surface area contributed by atoms with E-state index in [0.29, 0.717) is 25.2 Å². The molecule has 1 aromatic heterocycles. The summed E-state index contributed by atoms with van der Waals surface area (Å²) in [7, 11) is 0. The van der Waals surface area contributed by atoms with Gasteiger partial charge < -0.3 is 11.1 Å². The number of hydrogen-bond acceptors (Lipinski definition) is 4. The number of nitrogens with two attached hydrogens (primary N) is 1. The summed E-state index contributed by atoms with van der Waals surface area (Å²) >= 11 is 0. The van der Waals surface area contributed by atoms with Crippen LogP contribution in [0.25, 0.3) is 0 Å². The van der Waals surface area contributed by atoms with E-state index in [1.54, 1.807) is 0 Å². The molecule has 0 bridgehead atoms. The van der Waals surface area contributed by atoms with E-state index in [9.17, 15) is 4.79 Å². The molecule has 21 heavy (non-hydrogen) atoms. The molecule has 0 radical (unpaired) electrons. The van der Waals surface area contributed by atoms with E-state index < -0.39 is 0 Å². The van der Waals surface area contributed by atoms with E-state index in [-0.39, 0.29) is 11.9 Å². The SMILES string of the molecule is CCCCCCCCCCC(=O)NCCc1nc(N)n[nH]1. The first kappa shape index (κ1) is 17.5. The topological polar surface area (TPSA) is 96.7 Å². The van der Waals surface area contributed by atoms with Crippen molar-refractivity contribution in [1.29, 1.82) is 0 Å². The molecule has 0 unspecified atom stereocenters. The Kier molecular flexibility index (Phi) is 9.24. The van der Waals surface area contributed by atoms with Gasteiger partial charge >= 0.3 is 0 Å². The predicted molar refractivity (Wildman–Crippen MR) is 84.7 cm³/mol. The zero-order valence-corrected chi connectivity index (χ0v) is 13.2. The third kappa shape index (κ3) is 9.05. The Hall–Kier alpha value is -1.59. The van der Waals surface area contributed by atoms with Gasteiger partial charge in [0.25, 0.3) is 0 Å². The van der Waals surface area contributed by atoms with Crippen molar-refractivity contribution in [2.24, 2.45) is 0 Å². The van der Waals surface area contributed by atoms with Crippen LogP contribution in [0.2, 0.25) is 0 Å². The van der Waals surface area contributed by atoms with Gasteiger partial charge in [-0.2, -0.15) is 4.98 Å². The van der Waals surface area contributed by atoms with Crippen LogP contribution in [-0.2, 0) is 11.2 Å². The first-order valence-electron chi connectivity index (χ1n) is 8.15. The number of carbonyl (C=O) groups is 1. The van der Waals surface area contributed by atoms with Crippen molar-refractivity contribution in [2.45, 2.75) is 71.1 Å². The molecule has 0 aliphatic carbocycles. The summed E-state index contributed by atoms with van der Waals surface area (Å²) < 4.78 is 0. The van der Waals surface area contributed by atoms with Crippen molar-refractivity contribution >= 4 is 11.9 Å². The summed E-state index contributed by atoms with van der Waals surface area (Å²) in [4.78, 5) is 15.6. The van der Waals surface area contributed by atoms with Crippen LogP contribution in [0.4, 0.5) is 5.95 Å². The molecule has 120 valence electrons. The van der Waals surface area contributed by atoms with Crippen molar-refractivity contribution in [3.8, 4) is 0 Å². The molecular weight excluding hydrogens is 266 g/mol. The van der Waals surface area contributed by atoms with Crippen molar-refractivity contribution in [2.75, 3.05) is 12.3 Å². The molecule has 6 nitrogen and oxygen atoms in total. The number of anilines is 1. The third-order valence-corrected chi connectivity index (χ3v) is 3.49. The number of hydrogen-bond donors (Lipinski definition) is 3. The van der Waals surface area contributed by atoms with Crippen molar-refractivity contribution in [3.05, 3.63) is 5.82 Å². The van der Waals surface area contributed by atoms with Gasteiger partial charge in [0.1, 0.15) is 5.82 Å². The largest absolute Gasteiger partial charge is 0.367 e. The molecular formula is C15H29N5O. The summed E-state index contributed by atoms with van der Waals surface area (Å²) in [5, 5.41) is 9.35. The van der Waals surface area contributed by atoms with E-state index in [1.165, 1.54) is 38.5 Å². The average Bonchev–Trinajstić information content (AvgIpc) is 2.87. The highest BCUT2D eigenvalue weighted by atomic mass is 16.1. The molecule has 1 aromatic rings. The molecule has 1 rings (SSSR count). The van der Waals surface area contributed by atoms with Crippen LogP contribution in [0.3, 0.4) is 0 Å². The van der Waals surface area contributed by atoms with Gasteiger partial charge in [-0.25, -0.2) is 0 Å². The highest BCUT2D eigenvalue weighted by Crippen LogP contribution is 2.09. The smallest absolute Gasteiger partial charge is 0.239 e. The molecule has 0 saturated heterocycles. The Morgan fingerprint density at radius 2 is 1.81 bits per heavy atom. The summed E-state index contributed by atoms with van der Waals surface area (Å²) in [6.45, 7) is 2.81. The van der Waals surface area contributed by atoms with Gasteiger partial charge in [0.15, 0.2) is 0 Å². The van der Waals surface area contributed by atoms with Crippen molar-refractivity contribution in [1.82, 2.24) is 20.5 Å². The Labute approximate surface area is 127 Å². The van der Waals surface area contributed by atoms with Crippen LogP contribution in [-0.4, -0.2) is 27.6 Å². The van der Waals surface area contributed by atoms with Gasteiger partial charge in [-0.3, -0.25) is 9.89 Å². The molecule has 0 saturated carbocycles. The quantitative estimate of drug-likeness (QED) is 0.516. The first-order chi connectivity index (χ1) is 10.2. The molecule has 0 spiro atoms. The molecule has 0 fully saturated rings. The molecule has 6 heteroatoms. The molecule has 0 atom stereocenters. The Morgan fingerprint density at radius 1 is 1.14 bits per heavy atom. The third-order valence-electron chi connectivity index (χ3n) is 3.49. The number of unbranched alkanes of at least 4 members (excludes halogenated alkanes) is 7. The lowest BCUT2D eigenvalue weighted by atomic mass is 10.1. The maximum Gasteiger partial charge on any atom is 0.239 e. The highest BCUT2D eigenvalue weighted by Gasteiger charge is 2.03. The van der Waals surface area contributed by atoms with Gasteiger partial charge in [0.2, 0.25) is 11.9 Å². The van der Waals surface area contributed by atoms with E-state index in [1.807, 2.05) is 0 Å². The minimum absolute atomic E-state index is 0.119. The van der Waals surface area contributed by atoms with Crippen molar-refractivity contribution in [3.63, 3.8) is 0 Å². The second kappa shape index (κ2) is 11.1. The van der Waals surface area contributed by atoms with Gasteiger partial charge in [-0.1, -0.05) is 51.9 Å². The molecule has 4 N–H and O–H groups in total. The second-order valence-electron chi connectivity index (χ2n) is 5.47. The Morgan fingerprint density at radius 3 is 2.43 bits per heavy atom. The van der Waals surface area contributed by atoms with Gasteiger partial charge in [0.05, 0.1) is 0 Å². The minimum atomic E-state index is 0.119. The maximum absolute atomic E-state index is 11.6. The van der Waals surface area contributed by atoms with Crippen LogP contribution < -0.4 is 11.1 Å². The number of nitrogen functional groups attached to an aromatic ring is 1. The fraction of sp³-hybridized carbons (Fsp3) is 0.800. The zero-order valence-electron chi connectivity index (χ0n) is 13.2. The van der Waals surface area contributed by atoms with Crippen LogP contribution in [0.15, 0.2) is 0 Å². The fourth-order valence-electron chi connectivity index (χ4n) is 2.25. The number of carbonyl (C=O) groups excluding carboxylic acids is 1. The zero-order chi connectivity index (χ0) is 15.3. The minimum Gasteiger partial charge on any atom is -0.367 e. The number of nitrogens with zero attached hydrogens (tertiary/aromatic N) is 2. The normalized spacial score (nSPS) is 10.7. The average molecular weight is 295 g/mol. The molecule has 1 amide bonds. The molecule has 0 aliphatic rings. The van der Waals surface area contributed by atoms with Crippen LogP contribution in [0.5, 0.6) is 0 Å². The monoisotopic (exact) mass is 295 g/mol. The molecule has 0 aromatic carbocycles. The highest BCUT2D eigenvalue weighted by molar-refractivity contribution is 5.75. The van der Waals surface area contributed by atoms with E-state index in [2.05, 4.69) is 27.4 Å². The summed E-state index contributed by atoms with van der Waals surface area (Å²) in [5.74, 6) is 1.07. The van der Waals surface area contributed by atoms with Gasteiger partial charge in [-0.05, 0) is 6.42 Å². The number of amides is 1. The van der Waals surface area contributed by atoms with Crippen LogP contribution >= 0.6 is 0 Å². The van der Waals surface area contributed by atoms with Gasteiger partial charge in [-0.15, -0.1) is 5.10 Å². The number of nitrogens with one attached hydrogen (secondary N) is 2. The lowest BCUT2D eigenvalue weighted by molar-refractivity contribution is -0.121. The van der Waals surface area contributed by atoms with Crippen molar-refractivity contribution < 1.29 is 4.79 Å². The van der Waals surface area contributed by atoms with E-state index in [0.717, 1.165) is 12.8 Å². The van der Waals surface area contributed by atoms with E-state index in [4.69, 9.17) is 5.73 Å². The maximum atomic E-state index is 11.6. The molecule has 1 heterocycles. The Balaban J connectivity index is 1.89. The number of H-pyrrole nitrogens is 1. The number of rotatable bonds is 12.